The molecule has 11 N–H and O–H groups in total. The smallest absolute Gasteiger partial charge is 0.255 e. The van der Waals surface area contributed by atoms with Gasteiger partial charge >= 0.3 is 0 Å². The van der Waals surface area contributed by atoms with E-state index in [1.807, 2.05) is 0 Å². The molecule has 0 radical (unpaired) electrons. The van der Waals surface area contributed by atoms with Gasteiger partial charge in [-0.3, -0.25) is 43.2 Å². The molecule has 0 aliphatic carbocycles. The molecule has 22 nitrogen and oxygen atoms in total. The number of nitrogens with zero attached hydrogens (tertiary/aromatic N) is 2. The standard InChI is InChI=1S/C45H54F8N12O10/c1-19(2)14-26(41(54)70)63-43(72)21(4)60-44(73)25(8-6-7-13-55-35-31(46)37(50)64-38(51)32(35)47)62-30(69)18-57-28(67)16-56-29(68)17-58-42(71)20(3)59-45(74)27(61-22(5)66)15-23-9-11-24(12-10-23)75-36-33(48)39(52)65-40(53)34(36)49/h9-12,19-21,25-27H,6-8,13-18H2,1-5H3,(H2,54,70)(H,55,64)(H,56,68)(H,57,67)(H,58,71)(H,59,74)(H,60,73)(H,61,66)(H,62,69)(H,63,72)/t20-,21?,25-,26-,27+/m1/s1. The number of hydrogen-bond donors (Lipinski definition) is 10. The van der Waals surface area contributed by atoms with E-state index in [2.05, 4.69) is 57.8 Å². The SMILES string of the molecule is CC(=O)N[C@@H](Cc1ccc(Oc2c(F)c(F)nc(F)c2F)cc1)C(=O)N[C@H](C)C(=O)NCC(=O)NCC(=O)NCC(=O)N[C@H](CCCCNc1c(F)c(F)nc(F)c1F)C(=O)NC(C)C(=O)N[C@H](CC(C)C)C(N)=O. The van der Waals surface area contributed by atoms with Crippen molar-refractivity contribution in [1.82, 2.24) is 52.5 Å². The zero-order chi connectivity index (χ0) is 56.3. The number of anilines is 1. The Morgan fingerprint density at radius 1 is 0.560 bits per heavy atom. The summed E-state index contributed by atoms with van der Waals surface area (Å²) in [5, 5.41) is 20.7. The molecule has 75 heavy (non-hydrogen) atoms. The van der Waals surface area contributed by atoms with Gasteiger partial charge < -0.3 is 58.3 Å². The summed E-state index contributed by atoms with van der Waals surface area (Å²) in [6, 6.07) is -1.48. The summed E-state index contributed by atoms with van der Waals surface area (Å²) in [5.74, 6) is -24.5. The number of rotatable bonds is 28. The second-order valence-corrected chi connectivity index (χ2v) is 16.9. The number of nitrogens with one attached hydrogen (secondary N) is 9. The molecule has 30 heteroatoms. The van der Waals surface area contributed by atoms with Crippen LogP contribution in [0.2, 0.25) is 0 Å². The Kier molecular flexibility index (Phi) is 23.5. The predicted octanol–water partition coefficient (Wildman–Crippen LogP) is 0.570. The van der Waals surface area contributed by atoms with Gasteiger partial charge in [-0.2, -0.15) is 45.1 Å². The maximum Gasteiger partial charge on any atom is 0.255 e. The highest BCUT2D eigenvalue weighted by Crippen LogP contribution is 2.30. The average molecular weight is 1070 g/mol. The zero-order valence-electron chi connectivity index (χ0n) is 40.7. The van der Waals surface area contributed by atoms with Crippen LogP contribution in [0.1, 0.15) is 65.9 Å². The summed E-state index contributed by atoms with van der Waals surface area (Å²) in [6.07, 6.45) is -0.215. The number of amides is 9. The largest absolute Gasteiger partial charge is 0.451 e. The van der Waals surface area contributed by atoms with Gasteiger partial charge in [0.15, 0.2) is 0 Å². The summed E-state index contributed by atoms with van der Waals surface area (Å²) in [7, 11) is 0. The number of pyridine rings is 2. The highest BCUT2D eigenvalue weighted by atomic mass is 19.2. The van der Waals surface area contributed by atoms with Crippen molar-refractivity contribution in [2.75, 3.05) is 31.5 Å². The lowest BCUT2D eigenvalue weighted by Crippen LogP contribution is -2.56. The number of benzene rings is 1. The Morgan fingerprint density at radius 2 is 1.05 bits per heavy atom. The fraction of sp³-hybridized carbons (Fsp3) is 0.444. The molecule has 3 aromatic rings. The van der Waals surface area contributed by atoms with Crippen molar-refractivity contribution in [2.24, 2.45) is 11.7 Å². The number of carbonyl (C=O) groups is 9. The molecule has 0 aliphatic rings. The first kappa shape index (κ1) is 61.1. The quantitative estimate of drug-likeness (QED) is 0.0271. The first-order valence-electron chi connectivity index (χ1n) is 22.7. The highest BCUT2D eigenvalue weighted by molar-refractivity contribution is 5.96. The van der Waals surface area contributed by atoms with E-state index in [9.17, 15) is 78.3 Å². The maximum absolute atomic E-state index is 14.0. The van der Waals surface area contributed by atoms with Gasteiger partial charge in [0.05, 0.1) is 19.6 Å². The number of unbranched alkanes of at least 4 members (excludes halogenated alkanes) is 1. The van der Waals surface area contributed by atoms with E-state index in [0.717, 1.165) is 19.1 Å². The third kappa shape index (κ3) is 19.6. The van der Waals surface area contributed by atoms with E-state index in [4.69, 9.17) is 10.5 Å². The zero-order valence-corrected chi connectivity index (χ0v) is 40.7. The molecule has 0 fully saturated rings. The lowest BCUT2D eigenvalue weighted by atomic mass is 10.0. The first-order chi connectivity index (χ1) is 35.2. The Morgan fingerprint density at radius 3 is 1.57 bits per heavy atom. The topological polar surface area (TPSA) is 323 Å². The number of hydrogen-bond acceptors (Lipinski definition) is 13. The van der Waals surface area contributed by atoms with Crippen molar-refractivity contribution in [1.29, 1.82) is 0 Å². The van der Waals surface area contributed by atoms with Crippen LogP contribution in [-0.2, 0) is 49.6 Å². The fourth-order valence-electron chi connectivity index (χ4n) is 6.48. The molecule has 0 spiro atoms. The Labute approximate surface area is 422 Å². The van der Waals surface area contributed by atoms with Crippen LogP contribution in [0.3, 0.4) is 0 Å². The van der Waals surface area contributed by atoms with Crippen molar-refractivity contribution in [3.63, 3.8) is 0 Å². The number of aromatic nitrogens is 2. The van der Waals surface area contributed by atoms with Crippen LogP contribution in [0.15, 0.2) is 24.3 Å². The molecule has 0 bridgehead atoms. The molecule has 3 rings (SSSR count). The first-order valence-corrected chi connectivity index (χ1v) is 22.7. The Hall–Kier alpha value is -8.21. The molecule has 2 aromatic heterocycles. The minimum Gasteiger partial charge on any atom is -0.451 e. The van der Waals surface area contributed by atoms with Crippen molar-refractivity contribution >= 4 is 58.9 Å². The van der Waals surface area contributed by atoms with Crippen LogP contribution >= 0.6 is 0 Å². The number of carbonyl (C=O) groups excluding carboxylic acids is 9. The lowest BCUT2D eigenvalue weighted by molar-refractivity contribution is -0.133. The van der Waals surface area contributed by atoms with Crippen LogP contribution in [-0.4, -0.2) is 120 Å². The number of nitrogens with two attached hydrogens (primary N) is 1. The summed E-state index contributed by atoms with van der Waals surface area (Å²) in [5.41, 5.74) is 4.60. The number of primary amides is 1. The van der Waals surface area contributed by atoms with Gasteiger partial charge in [0, 0.05) is 19.9 Å². The summed E-state index contributed by atoms with van der Waals surface area (Å²) in [6.45, 7) is 4.67. The van der Waals surface area contributed by atoms with Crippen LogP contribution in [0.4, 0.5) is 40.8 Å². The maximum atomic E-state index is 14.0. The normalized spacial score (nSPS) is 12.9. The van der Waals surface area contributed by atoms with Gasteiger partial charge in [0.1, 0.15) is 41.6 Å². The van der Waals surface area contributed by atoms with Gasteiger partial charge in [-0.25, -0.2) is 0 Å². The van der Waals surface area contributed by atoms with Gasteiger partial charge in [-0.1, -0.05) is 26.0 Å². The molecule has 0 aliphatic heterocycles. The number of ether oxygens (including phenoxy) is 1. The molecule has 9 amide bonds. The second-order valence-electron chi connectivity index (χ2n) is 16.9. The minimum atomic E-state index is -1.94. The van der Waals surface area contributed by atoms with Crippen molar-refractivity contribution in [3.8, 4) is 11.5 Å². The molecule has 410 valence electrons. The van der Waals surface area contributed by atoms with E-state index in [1.54, 1.807) is 13.8 Å². The molecule has 1 aromatic carbocycles. The fourth-order valence-corrected chi connectivity index (χ4v) is 6.48. The molecule has 0 saturated heterocycles. The highest BCUT2D eigenvalue weighted by Gasteiger charge is 2.29. The van der Waals surface area contributed by atoms with Crippen molar-refractivity contribution in [2.45, 2.75) is 96.9 Å². The van der Waals surface area contributed by atoms with Crippen molar-refractivity contribution in [3.05, 3.63) is 76.9 Å². The molecule has 5 atom stereocenters. The number of halogens is 8. The van der Waals surface area contributed by atoms with Crippen LogP contribution in [0.5, 0.6) is 11.5 Å². The molecular formula is C45H54F8N12O10. The molecule has 2 heterocycles. The van der Waals surface area contributed by atoms with Crippen molar-refractivity contribution < 1.29 is 83.0 Å². The third-order valence-electron chi connectivity index (χ3n) is 10.3. The van der Waals surface area contributed by atoms with Crippen LogP contribution in [0.25, 0.3) is 0 Å². The van der Waals surface area contributed by atoms with E-state index >= 15 is 0 Å². The minimum absolute atomic E-state index is 0.00197. The van der Waals surface area contributed by atoms with Gasteiger partial charge in [0.2, 0.25) is 82.2 Å². The molecule has 0 saturated carbocycles. The Balaban J connectivity index is 1.51. The summed E-state index contributed by atoms with van der Waals surface area (Å²) < 4.78 is 115. The van der Waals surface area contributed by atoms with Gasteiger partial charge in [-0.15, -0.1) is 0 Å². The second kappa shape index (κ2) is 28.9. The summed E-state index contributed by atoms with van der Waals surface area (Å²) >= 11 is 0. The monoisotopic (exact) mass is 1070 g/mol. The van der Waals surface area contributed by atoms with E-state index in [0.29, 0.717) is 5.56 Å². The molecular weight excluding hydrogens is 1020 g/mol. The van der Waals surface area contributed by atoms with Gasteiger partial charge in [0.25, 0.3) is 23.8 Å². The summed E-state index contributed by atoms with van der Waals surface area (Å²) in [4.78, 5) is 119. The lowest BCUT2D eigenvalue weighted by Gasteiger charge is -2.23. The Bertz CT molecular complexity index is 2550. The van der Waals surface area contributed by atoms with E-state index < -0.39 is 162 Å². The molecule has 1 unspecified atom stereocenters. The van der Waals surface area contributed by atoms with Crippen LogP contribution in [0, 0.1) is 53.0 Å². The average Bonchev–Trinajstić information content (AvgIpc) is 3.34. The van der Waals surface area contributed by atoms with E-state index in [-0.39, 0.29) is 50.3 Å². The third-order valence-corrected chi connectivity index (χ3v) is 10.3. The van der Waals surface area contributed by atoms with E-state index in [1.165, 1.54) is 26.0 Å². The van der Waals surface area contributed by atoms with Gasteiger partial charge in [-0.05, 0) is 63.1 Å². The predicted molar refractivity (Wildman–Crippen MR) is 245 cm³/mol. The van der Waals surface area contributed by atoms with Crippen LogP contribution < -0.4 is 58.3 Å².